The zero-order valence-electron chi connectivity index (χ0n) is 20.0. The highest BCUT2D eigenvalue weighted by Gasteiger charge is 2.91. The number of aliphatic hydroxyl groups is 5. The van der Waals surface area contributed by atoms with Crippen molar-refractivity contribution in [2.24, 2.45) is 28.6 Å². The lowest BCUT2D eigenvalue weighted by Crippen LogP contribution is -2.84. The Kier molecular flexibility index (Phi) is 4.67. The van der Waals surface area contributed by atoms with Gasteiger partial charge < -0.3 is 39.7 Å². The van der Waals surface area contributed by atoms with Crippen molar-refractivity contribution >= 4 is 0 Å². The van der Waals surface area contributed by atoms with Crippen LogP contribution in [0.3, 0.4) is 0 Å². The van der Waals surface area contributed by atoms with E-state index in [2.05, 4.69) is 11.8 Å². The van der Waals surface area contributed by atoms with E-state index in [4.69, 9.17) is 14.2 Å². The maximum Gasteiger partial charge on any atom is 0.117 e. The van der Waals surface area contributed by atoms with Crippen LogP contribution < -0.4 is 0 Å². The first-order chi connectivity index (χ1) is 15.6. The van der Waals surface area contributed by atoms with E-state index in [9.17, 15) is 25.5 Å². The molecule has 5 saturated carbocycles. The van der Waals surface area contributed by atoms with Gasteiger partial charge in [0, 0.05) is 64.0 Å². The highest BCUT2D eigenvalue weighted by atomic mass is 16.5. The van der Waals surface area contributed by atoms with E-state index in [0.717, 1.165) is 0 Å². The summed E-state index contributed by atoms with van der Waals surface area (Å²) >= 11 is 0. The van der Waals surface area contributed by atoms with Crippen LogP contribution in [0.15, 0.2) is 0 Å². The summed E-state index contributed by atoms with van der Waals surface area (Å²) in [6.07, 6.45) is -2.15. The largest absolute Gasteiger partial charge is 0.392 e. The van der Waals surface area contributed by atoms with Crippen molar-refractivity contribution in [2.75, 3.05) is 41.0 Å². The molecule has 5 N–H and O–H groups in total. The second-order valence-corrected chi connectivity index (χ2v) is 11.9. The third-order valence-electron chi connectivity index (χ3n) is 11.5. The van der Waals surface area contributed by atoms with E-state index >= 15 is 0 Å². The van der Waals surface area contributed by atoms with Gasteiger partial charge in [-0.1, -0.05) is 6.92 Å². The molecular weight excluding hydrogens is 430 g/mol. The van der Waals surface area contributed by atoms with Gasteiger partial charge in [0.1, 0.15) is 5.60 Å². The molecule has 0 aromatic heterocycles. The summed E-state index contributed by atoms with van der Waals surface area (Å²) in [6, 6.07) is -0.202. The first-order valence-corrected chi connectivity index (χ1v) is 12.4. The zero-order chi connectivity index (χ0) is 23.8. The molecule has 0 unspecified atom stereocenters. The molecule has 7 bridgehead atoms. The number of piperidine rings is 1. The molecule has 5 aliphatic carbocycles. The van der Waals surface area contributed by atoms with Gasteiger partial charge in [0.05, 0.1) is 47.6 Å². The second-order valence-electron chi connectivity index (χ2n) is 11.9. The number of likely N-dealkylation sites (tertiary alicyclic amines) is 1. The monoisotopic (exact) mass is 469 g/mol. The highest BCUT2D eigenvalue weighted by molar-refractivity contribution is 5.40. The molecule has 6 rings (SSSR count). The van der Waals surface area contributed by atoms with Gasteiger partial charge in [-0.25, -0.2) is 0 Å². The maximum absolute atomic E-state index is 12.9. The fraction of sp³-hybridized carbons (Fsp3) is 1.00. The second kappa shape index (κ2) is 6.69. The summed E-state index contributed by atoms with van der Waals surface area (Å²) in [5.41, 5.74) is -6.03. The molecule has 1 aliphatic heterocycles. The zero-order valence-corrected chi connectivity index (χ0v) is 20.0. The molecule has 13 atom stereocenters. The summed E-state index contributed by atoms with van der Waals surface area (Å²) in [6.45, 7) is 3.39. The molecule has 6 aliphatic rings. The number of hydrogen-bond acceptors (Lipinski definition) is 9. The number of ether oxygens (including phenoxy) is 3. The fourth-order valence-electron chi connectivity index (χ4n) is 10.6. The molecule has 1 spiro atoms. The highest BCUT2D eigenvalue weighted by Crippen LogP contribution is 2.80. The minimum absolute atomic E-state index is 0.183. The van der Waals surface area contributed by atoms with Crippen LogP contribution in [-0.2, 0) is 14.2 Å². The van der Waals surface area contributed by atoms with Crippen molar-refractivity contribution in [3.63, 3.8) is 0 Å². The van der Waals surface area contributed by atoms with E-state index in [1.807, 2.05) is 0 Å². The van der Waals surface area contributed by atoms with Crippen molar-refractivity contribution < 1.29 is 39.7 Å². The smallest absolute Gasteiger partial charge is 0.117 e. The van der Waals surface area contributed by atoms with Crippen LogP contribution in [0.5, 0.6) is 0 Å². The first-order valence-electron chi connectivity index (χ1n) is 12.4. The lowest BCUT2D eigenvalue weighted by atomic mass is 9.41. The Bertz CT molecular complexity index is 845. The summed E-state index contributed by atoms with van der Waals surface area (Å²) in [7, 11) is 4.72. The molecule has 0 amide bonds. The minimum atomic E-state index is -1.50. The van der Waals surface area contributed by atoms with Crippen LogP contribution in [0.25, 0.3) is 0 Å². The van der Waals surface area contributed by atoms with Crippen LogP contribution in [0.2, 0.25) is 0 Å². The van der Waals surface area contributed by atoms with Gasteiger partial charge >= 0.3 is 0 Å². The molecule has 188 valence electrons. The predicted octanol–water partition coefficient (Wildman–Crippen LogP) is -1.27. The molecule has 9 heteroatoms. The van der Waals surface area contributed by atoms with Crippen LogP contribution in [-0.4, -0.2) is 119 Å². The lowest BCUT2D eigenvalue weighted by Gasteiger charge is -2.72. The van der Waals surface area contributed by atoms with E-state index in [1.54, 1.807) is 14.2 Å². The standard InChI is InChI=1S/C24H39NO8/c1-5-25-10-20(11-31-2)14(26)6-15(32-3)24-12-7-22(29)16(33-4)9-21(28,17(12)19(22)27)13(18(24)25)8-23(20,24)30/h12-19,26-30H,5-11H2,1-4H3/t12-,13+,14+,15+,16-,17-,18-,19-,20+,21+,22+,23+,24-/m0/s1. The number of fused-ring (bicyclic) bond motifs is 2. The average molecular weight is 470 g/mol. The minimum Gasteiger partial charge on any atom is -0.392 e. The number of nitrogens with zero attached hydrogens (tertiary/aromatic N) is 1. The third-order valence-corrected chi connectivity index (χ3v) is 11.5. The van der Waals surface area contributed by atoms with Crippen molar-refractivity contribution in [2.45, 2.75) is 79.9 Å². The number of methoxy groups -OCH3 is 3. The quantitative estimate of drug-likeness (QED) is 0.334. The van der Waals surface area contributed by atoms with Gasteiger partial charge in [-0.2, -0.15) is 0 Å². The van der Waals surface area contributed by atoms with Gasteiger partial charge in [0.25, 0.3) is 0 Å². The Hall–Kier alpha value is -0.360. The molecule has 6 fully saturated rings. The normalized spacial score (nSPS) is 63.2. The Morgan fingerprint density at radius 1 is 0.909 bits per heavy atom. The van der Waals surface area contributed by atoms with Crippen LogP contribution in [0.1, 0.15) is 32.6 Å². The van der Waals surface area contributed by atoms with Crippen LogP contribution in [0.4, 0.5) is 0 Å². The van der Waals surface area contributed by atoms with E-state index in [1.165, 1.54) is 7.11 Å². The molecule has 0 radical (unpaired) electrons. The van der Waals surface area contributed by atoms with Crippen molar-refractivity contribution in [1.82, 2.24) is 4.90 Å². The van der Waals surface area contributed by atoms with Crippen molar-refractivity contribution in [1.29, 1.82) is 0 Å². The van der Waals surface area contributed by atoms with Gasteiger partial charge in [-0.3, -0.25) is 4.90 Å². The van der Waals surface area contributed by atoms with E-state index < -0.39 is 63.9 Å². The number of aliphatic hydroxyl groups excluding tert-OH is 2. The van der Waals surface area contributed by atoms with Gasteiger partial charge in [-0.05, 0) is 25.3 Å². The van der Waals surface area contributed by atoms with Crippen LogP contribution >= 0.6 is 0 Å². The van der Waals surface area contributed by atoms with Gasteiger partial charge in [0.2, 0.25) is 0 Å². The topological polar surface area (TPSA) is 132 Å². The van der Waals surface area contributed by atoms with Crippen molar-refractivity contribution in [3.8, 4) is 0 Å². The molecule has 1 saturated heterocycles. The molecule has 1 heterocycles. The van der Waals surface area contributed by atoms with Crippen LogP contribution in [0, 0.1) is 28.6 Å². The summed E-state index contributed by atoms with van der Waals surface area (Å²) < 4.78 is 17.4. The van der Waals surface area contributed by atoms with E-state index in [-0.39, 0.29) is 31.4 Å². The number of hydrogen-bond donors (Lipinski definition) is 5. The Morgan fingerprint density at radius 2 is 1.61 bits per heavy atom. The summed E-state index contributed by atoms with van der Waals surface area (Å²) in [4.78, 5) is 2.29. The molecule has 0 aromatic carbocycles. The fourth-order valence-corrected chi connectivity index (χ4v) is 10.6. The third kappa shape index (κ3) is 2.08. The SMILES string of the molecule is CCN1C[C@@]2(COC)[C@H](O)C[C@@H](OC)[C@@]34[C@@H]1[C@@H](C[C@@]23O)[C@]1(O)C[C@H](OC)[C@]2(O)C[C@H]4[C@H]1[C@@H]2O. The summed E-state index contributed by atoms with van der Waals surface area (Å²) in [5, 5.41) is 59.9. The number of rotatable bonds is 5. The molecule has 9 nitrogen and oxygen atoms in total. The average Bonchev–Trinajstić information content (AvgIpc) is 3.12. The Labute approximate surface area is 194 Å². The molecule has 0 aromatic rings. The Balaban J connectivity index is 1.65. The van der Waals surface area contributed by atoms with Gasteiger partial charge in [-0.15, -0.1) is 0 Å². The Morgan fingerprint density at radius 3 is 2.21 bits per heavy atom. The first kappa shape index (κ1) is 23.1. The van der Waals surface area contributed by atoms with Crippen molar-refractivity contribution in [3.05, 3.63) is 0 Å². The predicted molar refractivity (Wildman–Crippen MR) is 115 cm³/mol. The van der Waals surface area contributed by atoms with Gasteiger partial charge in [0.15, 0.2) is 0 Å². The summed E-state index contributed by atoms with van der Waals surface area (Å²) in [5.74, 6) is -1.37. The maximum atomic E-state index is 12.9. The molecular formula is C24H39NO8. The lowest BCUT2D eigenvalue weighted by molar-refractivity contribution is -0.346. The molecule has 33 heavy (non-hydrogen) atoms. The van der Waals surface area contributed by atoms with E-state index in [0.29, 0.717) is 25.9 Å².